The Hall–Kier alpha value is -3.02. The molecule has 0 radical (unpaired) electrons. The molecule has 2 aliphatic heterocycles. The third-order valence-corrected chi connectivity index (χ3v) is 4.96. The lowest BCUT2D eigenvalue weighted by molar-refractivity contribution is -0.157. The number of nitrogens with zero attached hydrogens (tertiary/aromatic N) is 2. The van der Waals surface area contributed by atoms with Crippen LogP contribution in [0.3, 0.4) is 0 Å². The van der Waals surface area contributed by atoms with Crippen LogP contribution in [0.4, 0.5) is 28.0 Å². The number of rotatable bonds is 3. The van der Waals surface area contributed by atoms with Gasteiger partial charge in [0, 0.05) is 5.69 Å². The molecule has 8 nitrogen and oxygen atoms in total. The van der Waals surface area contributed by atoms with Gasteiger partial charge >= 0.3 is 12.2 Å². The predicted molar refractivity (Wildman–Crippen MR) is 100.0 cm³/mol. The zero-order valence-electron chi connectivity index (χ0n) is 16.5. The first-order chi connectivity index (χ1) is 14.0. The van der Waals surface area contributed by atoms with Crippen LogP contribution in [-0.4, -0.2) is 53.2 Å². The summed E-state index contributed by atoms with van der Waals surface area (Å²) in [6.07, 6.45) is -4.58. The first-order valence-corrected chi connectivity index (χ1v) is 9.21. The first-order valence-electron chi connectivity index (χ1n) is 9.21. The SMILES string of the molecule is Cc1cc(NC(=O)N2CC3=C(C(=O)N[C@H](C)C(F)(F)F)NNN3C[C@@H]2C)ccc1F. The number of nitrogens with one attached hydrogen (secondary N) is 4. The Morgan fingerprint density at radius 1 is 1.30 bits per heavy atom. The Labute approximate surface area is 170 Å². The quantitative estimate of drug-likeness (QED) is 0.551. The van der Waals surface area contributed by atoms with Crippen LogP contribution in [0.25, 0.3) is 0 Å². The number of hydrazine groups is 2. The fourth-order valence-corrected chi connectivity index (χ4v) is 3.13. The van der Waals surface area contributed by atoms with Crippen LogP contribution < -0.4 is 21.6 Å². The maximum absolute atomic E-state index is 13.4. The second-order valence-corrected chi connectivity index (χ2v) is 7.28. The largest absolute Gasteiger partial charge is 0.408 e. The summed E-state index contributed by atoms with van der Waals surface area (Å²) < 4.78 is 51.7. The van der Waals surface area contributed by atoms with Crippen LogP contribution in [-0.2, 0) is 4.79 Å². The number of piperazine rings is 1. The van der Waals surface area contributed by atoms with E-state index in [0.29, 0.717) is 23.5 Å². The van der Waals surface area contributed by atoms with Crippen LogP contribution in [0.5, 0.6) is 0 Å². The number of urea groups is 1. The van der Waals surface area contributed by atoms with Gasteiger partial charge in [-0.15, -0.1) is 5.53 Å². The Kier molecular flexibility index (Phi) is 5.79. The highest BCUT2D eigenvalue weighted by Gasteiger charge is 2.40. The molecule has 4 N–H and O–H groups in total. The molecule has 3 amide bonds. The van der Waals surface area contributed by atoms with Crippen molar-refractivity contribution < 1.29 is 27.2 Å². The zero-order valence-corrected chi connectivity index (χ0v) is 16.5. The average Bonchev–Trinajstić information content (AvgIpc) is 3.05. The summed E-state index contributed by atoms with van der Waals surface area (Å²) in [7, 11) is 0. The summed E-state index contributed by atoms with van der Waals surface area (Å²) >= 11 is 0. The molecule has 30 heavy (non-hydrogen) atoms. The number of alkyl halides is 3. The minimum absolute atomic E-state index is 0.0175. The van der Waals surface area contributed by atoms with E-state index in [1.54, 1.807) is 18.9 Å². The fourth-order valence-electron chi connectivity index (χ4n) is 3.13. The van der Waals surface area contributed by atoms with E-state index in [1.165, 1.54) is 23.1 Å². The van der Waals surface area contributed by atoms with E-state index < -0.39 is 30.0 Å². The van der Waals surface area contributed by atoms with Gasteiger partial charge in [0.15, 0.2) is 0 Å². The molecule has 2 heterocycles. The Morgan fingerprint density at radius 3 is 2.63 bits per heavy atom. The molecule has 0 aliphatic carbocycles. The molecule has 2 atom stereocenters. The second kappa shape index (κ2) is 8.01. The van der Waals surface area contributed by atoms with Gasteiger partial charge in [0.25, 0.3) is 5.91 Å². The average molecular weight is 430 g/mol. The standard InChI is InChI=1S/C18H22F4N6O2/c1-9-6-12(4-5-13(9)19)24-17(30)27-8-14-15(25-26-28(14)7-10(27)2)16(29)23-11(3)18(20,21)22/h4-6,10-11,25-26H,7-8H2,1-3H3,(H,23,29)(H,24,30)/t10-,11+/m0/s1. The topological polar surface area (TPSA) is 88.7 Å². The molecule has 0 bridgehead atoms. The lowest BCUT2D eigenvalue weighted by atomic mass is 10.1. The van der Waals surface area contributed by atoms with Crippen LogP contribution in [0.15, 0.2) is 29.6 Å². The van der Waals surface area contributed by atoms with Gasteiger partial charge < -0.3 is 15.5 Å². The summed E-state index contributed by atoms with van der Waals surface area (Å²) in [5.41, 5.74) is 6.32. The number of aryl methyl sites for hydroxylation is 1. The number of amides is 3. The molecule has 0 saturated carbocycles. The summed E-state index contributed by atoms with van der Waals surface area (Å²) in [4.78, 5) is 26.5. The lowest BCUT2D eigenvalue weighted by Gasteiger charge is -2.39. The van der Waals surface area contributed by atoms with Gasteiger partial charge in [0.1, 0.15) is 17.6 Å². The highest BCUT2D eigenvalue weighted by molar-refractivity contribution is 5.95. The molecular weight excluding hydrogens is 408 g/mol. The van der Waals surface area contributed by atoms with Gasteiger partial charge in [-0.3, -0.25) is 15.2 Å². The van der Waals surface area contributed by atoms with Crippen molar-refractivity contribution in [2.75, 3.05) is 18.4 Å². The van der Waals surface area contributed by atoms with Gasteiger partial charge in [-0.05, 0) is 44.5 Å². The molecular formula is C18H22F4N6O2. The summed E-state index contributed by atoms with van der Waals surface area (Å²) in [5.74, 6) is -1.33. The maximum Gasteiger partial charge on any atom is 0.408 e. The molecule has 1 fully saturated rings. The number of hydrogen-bond acceptors (Lipinski definition) is 5. The van der Waals surface area contributed by atoms with E-state index in [2.05, 4.69) is 16.3 Å². The first kappa shape index (κ1) is 21.7. The number of carbonyl (C=O) groups excluding carboxylic acids is 2. The number of carbonyl (C=O) groups is 2. The van der Waals surface area contributed by atoms with Crippen molar-refractivity contribution >= 4 is 17.6 Å². The number of hydrogen-bond donors (Lipinski definition) is 4. The van der Waals surface area contributed by atoms with Crippen molar-refractivity contribution in [2.45, 2.75) is 39.0 Å². The fraction of sp³-hybridized carbons (Fsp3) is 0.444. The van der Waals surface area contributed by atoms with E-state index >= 15 is 0 Å². The van der Waals surface area contributed by atoms with Gasteiger partial charge in [-0.1, -0.05) is 0 Å². The molecule has 1 aromatic rings. The minimum Gasteiger partial charge on any atom is -0.339 e. The van der Waals surface area contributed by atoms with Gasteiger partial charge in [0.2, 0.25) is 0 Å². The van der Waals surface area contributed by atoms with Crippen LogP contribution in [0.2, 0.25) is 0 Å². The highest BCUT2D eigenvalue weighted by atomic mass is 19.4. The molecule has 3 rings (SSSR count). The van der Waals surface area contributed by atoms with Crippen LogP contribution >= 0.6 is 0 Å². The molecule has 12 heteroatoms. The van der Waals surface area contributed by atoms with Crippen molar-refractivity contribution in [3.05, 3.63) is 41.0 Å². The number of halogens is 4. The van der Waals surface area contributed by atoms with E-state index in [9.17, 15) is 27.2 Å². The minimum atomic E-state index is -4.58. The van der Waals surface area contributed by atoms with Crippen molar-refractivity contribution in [1.29, 1.82) is 0 Å². The normalized spacial score (nSPS) is 19.9. The summed E-state index contributed by atoms with van der Waals surface area (Å²) in [6, 6.07) is 1.37. The van der Waals surface area contributed by atoms with Crippen molar-refractivity contribution in [3.8, 4) is 0 Å². The van der Waals surface area contributed by atoms with Crippen molar-refractivity contribution in [2.24, 2.45) is 0 Å². The molecule has 1 saturated heterocycles. The Balaban J connectivity index is 1.75. The number of benzene rings is 1. The van der Waals surface area contributed by atoms with Gasteiger partial charge in [-0.25, -0.2) is 9.18 Å². The maximum atomic E-state index is 13.4. The third-order valence-electron chi connectivity index (χ3n) is 4.96. The molecule has 2 aliphatic rings. The van der Waals surface area contributed by atoms with E-state index in [4.69, 9.17) is 0 Å². The zero-order chi connectivity index (χ0) is 22.2. The molecule has 164 valence electrons. The van der Waals surface area contributed by atoms with E-state index in [-0.39, 0.29) is 18.3 Å². The second-order valence-electron chi connectivity index (χ2n) is 7.28. The molecule has 0 unspecified atom stereocenters. The van der Waals surface area contributed by atoms with Gasteiger partial charge in [0.05, 0.1) is 24.8 Å². The smallest absolute Gasteiger partial charge is 0.339 e. The van der Waals surface area contributed by atoms with E-state index in [0.717, 1.165) is 6.92 Å². The number of fused-ring (bicyclic) bond motifs is 1. The van der Waals surface area contributed by atoms with E-state index in [1.807, 2.05) is 5.32 Å². The number of anilines is 1. The monoisotopic (exact) mass is 430 g/mol. The predicted octanol–water partition coefficient (Wildman–Crippen LogP) is 1.97. The van der Waals surface area contributed by atoms with Crippen LogP contribution in [0, 0.1) is 12.7 Å². The molecule has 0 aromatic heterocycles. The lowest BCUT2D eigenvalue weighted by Crippen LogP contribution is -2.56. The highest BCUT2D eigenvalue weighted by Crippen LogP contribution is 2.24. The Morgan fingerprint density at radius 2 is 2.00 bits per heavy atom. The summed E-state index contributed by atoms with van der Waals surface area (Å²) in [5, 5.41) is 6.14. The third kappa shape index (κ3) is 4.42. The summed E-state index contributed by atoms with van der Waals surface area (Å²) in [6.45, 7) is 4.48. The molecule has 1 aromatic carbocycles. The molecule has 0 spiro atoms. The van der Waals surface area contributed by atoms with Crippen molar-refractivity contribution in [3.63, 3.8) is 0 Å². The van der Waals surface area contributed by atoms with Gasteiger partial charge in [-0.2, -0.15) is 13.2 Å². The van der Waals surface area contributed by atoms with Crippen LogP contribution in [0.1, 0.15) is 19.4 Å². The Bertz CT molecular complexity index is 888. The van der Waals surface area contributed by atoms with Crippen molar-refractivity contribution in [1.82, 2.24) is 26.2 Å².